The first-order chi connectivity index (χ1) is 9.25. The van der Waals surface area contributed by atoms with Gasteiger partial charge in [-0.05, 0) is 30.5 Å². The van der Waals surface area contributed by atoms with Crippen LogP contribution in [-0.4, -0.2) is 16.1 Å². The van der Waals surface area contributed by atoms with Crippen molar-refractivity contribution in [3.05, 3.63) is 48.3 Å². The molecule has 19 heavy (non-hydrogen) atoms. The molecule has 0 saturated heterocycles. The van der Waals surface area contributed by atoms with Crippen LogP contribution in [0, 0.1) is 5.82 Å². The maximum atomic E-state index is 14.3. The Kier molecular flexibility index (Phi) is 3.11. The van der Waals surface area contributed by atoms with E-state index in [9.17, 15) is 4.39 Å². The summed E-state index contributed by atoms with van der Waals surface area (Å²) in [7, 11) is 0. The number of nitrogens with zero attached hydrogens (tertiary/aromatic N) is 2. The lowest BCUT2D eigenvalue weighted by molar-refractivity contribution is 0.449. The molecule has 1 aliphatic carbocycles. The van der Waals surface area contributed by atoms with Gasteiger partial charge in [0.15, 0.2) is 0 Å². The summed E-state index contributed by atoms with van der Waals surface area (Å²) in [5.74, 6) is -0.213. The third-order valence-electron chi connectivity index (χ3n) is 4.29. The van der Waals surface area contributed by atoms with Crippen LogP contribution in [0.15, 0.2) is 36.9 Å². The lowest BCUT2D eigenvalue weighted by Crippen LogP contribution is -2.32. The van der Waals surface area contributed by atoms with E-state index >= 15 is 0 Å². The highest BCUT2D eigenvalue weighted by Gasteiger charge is 2.34. The van der Waals surface area contributed by atoms with Gasteiger partial charge in [0.1, 0.15) is 5.82 Å². The Morgan fingerprint density at radius 1 is 1.32 bits per heavy atom. The first-order valence-corrected chi connectivity index (χ1v) is 6.74. The van der Waals surface area contributed by atoms with Gasteiger partial charge in [-0.15, -0.1) is 0 Å². The molecule has 1 fully saturated rings. The highest BCUT2D eigenvalue weighted by molar-refractivity contribution is 5.40. The SMILES string of the molecule is NCC1(c2ccc(-n3ccnc3)c(F)c2)CCCC1. The fourth-order valence-electron chi connectivity index (χ4n) is 3.11. The number of halogens is 1. The van der Waals surface area contributed by atoms with E-state index < -0.39 is 0 Å². The van der Waals surface area contributed by atoms with Crippen LogP contribution in [0.2, 0.25) is 0 Å². The van der Waals surface area contributed by atoms with Crippen molar-refractivity contribution >= 4 is 0 Å². The van der Waals surface area contributed by atoms with Crippen LogP contribution in [0.3, 0.4) is 0 Å². The van der Waals surface area contributed by atoms with Crippen LogP contribution in [-0.2, 0) is 5.41 Å². The molecule has 0 radical (unpaired) electrons. The van der Waals surface area contributed by atoms with E-state index in [1.807, 2.05) is 12.1 Å². The molecule has 1 saturated carbocycles. The summed E-state index contributed by atoms with van der Waals surface area (Å²) in [6.07, 6.45) is 9.48. The van der Waals surface area contributed by atoms with Crippen molar-refractivity contribution in [3.8, 4) is 5.69 Å². The van der Waals surface area contributed by atoms with Gasteiger partial charge in [-0.1, -0.05) is 18.9 Å². The van der Waals surface area contributed by atoms with Crippen molar-refractivity contribution in [1.82, 2.24) is 9.55 Å². The van der Waals surface area contributed by atoms with Gasteiger partial charge in [0, 0.05) is 24.4 Å². The second kappa shape index (κ2) is 4.78. The minimum Gasteiger partial charge on any atom is -0.330 e. The Bertz CT molecular complexity index is 557. The first-order valence-electron chi connectivity index (χ1n) is 6.74. The average Bonchev–Trinajstić information content (AvgIpc) is 3.11. The van der Waals surface area contributed by atoms with E-state index in [0.717, 1.165) is 18.4 Å². The van der Waals surface area contributed by atoms with Crippen LogP contribution in [0.1, 0.15) is 31.2 Å². The third-order valence-corrected chi connectivity index (χ3v) is 4.29. The molecule has 0 spiro atoms. The number of rotatable bonds is 3. The molecule has 0 bridgehead atoms. The zero-order valence-corrected chi connectivity index (χ0v) is 10.8. The van der Waals surface area contributed by atoms with E-state index in [4.69, 9.17) is 5.73 Å². The number of hydrogen-bond acceptors (Lipinski definition) is 2. The maximum absolute atomic E-state index is 14.3. The number of imidazole rings is 1. The number of hydrogen-bond donors (Lipinski definition) is 1. The van der Waals surface area contributed by atoms with Crippen LogP contribution in [0.5, 0.6) is 0 Å². The quantitative estimate of drug-likeness (QED) is 0.921. The molecule has 1 aliphatic rings. The largest absolute Gasteiger partial charge is 0.330 e. The summed E-state index contributed by atoms with van der Waals surface area (Å²) >= 11 is 0. The molecule has 0 atom stereocenters. The molecular weight excluding hydrogens is 241 g/mol. The summed E-state index contributed by atoms with van der Waals surface area (Å²) in [5, 5.41) is 0. The number of benzene rings is 1. The van der Waals surface area contributed by atoms with E-state index in [-0.39, 0.29) is 11.2 Å². The molecule has 2 N–H and O–H groups in total. The summed E-state index contributed by atoms with van der Waals surface area (Å²) in [5.41, 5.74) is 7.50. The van der Waals surface area contributed by atoms with E-state index in [2.05, 4.69) is 4.98 Å². The molecule has 1 heterocycles. The summed E-state index contributed by atoms with van der Waals surface area (Å²) in [6, 6.07) is 5.48. The van der Waals surface area contributed by atoms with Gasteiger partial charge in [-0.3, -0.25) is 0 Å². The van der Waals surface area contributed by atoms with Gasteiger partial charge in [0.25, 0.3) is 0 Å². The van der Waals surface area contributed by atoms with Crippen molar-refractivity contribution in [2.45, 2.75) is 31.1 Å². The molecular formula is C15H18FN3. The second-order valence-electron chi connectivity index (χ2n) is 5.33. The summed E-state index contributed by atoms with van der Waals surface area (Å²) in [4.78, 5) is 3.95. The normalized spacial score (nSPS) is 17.8. The smallest absolute Gasteiger partial charge is 0.147 e. The summed E-state index contributed by atoms with van der Waals surface area (Å²) < 4.78 is 16.0. The minimum absolute atomic E-state index is 0.0195. The second-order valence-corrected chi connectivity index (χ2v) is 5.33. The molecule has 4 heteroatoms. The van der Waals surface area contributed by atoms with E-state index in [1.165, 1.54) is 12.8 Å². The zero-order valence-electron chi connectivity index (χ0n) is 10.8. The van der Waals surface area contributed by atoms with Gasteiger partial charge in [0.2, 0.25) is 0 Å². The number of nitrogens with two attached hydrogens (primary N) is 1. The predicted octanol–water partition coefficient (Wildman–Crippen LogP) is 2.78. The van der Waals surface area contributed by atoms with Crippen LogP contribution in [0.25, 0.3) is 5.69 Å². The zero-order chi connectivity index (χ0) is 13.3. The molecule has 3 rings (SSSR count). The Labute approximate surface area is 112 Å². The molecule has 0 unspecified atom stereocenters. The molecule has 0 amide bonds. The highest BCUT2D eigenvalue weighted by Crippen LogP contribution is 2.40. The lowest BCUT2D eigenvalue weighted by atomic mass is 9.79. The molecule has 1 aromatic heterocycles. The molecule has 100 valence electrons. The van der Waals surface area contributed by atoms with Gasteiger partial charge < -0.3 is 10.3 Å². The van der Waals surface area contributed by atoms with Crippen LogP contribution in [0.4, 0.5) is 4.39 Å². The molecule has 1 aromatic carbocycles. The standard InChI is InChI=1S/C15H18FN3/c16-13-9-12(15(10-17)5-1-2-6-15)3-4-14(13)19-8-7-18-11-19/h3-4,7-9,11H,1-2,5-6,10,17H2. The van der Waals surface area contributed by atoms with Crippen molar-refractivity contribution < 1.29 is 4.39 Å². The fraction of sp³-hybridized carbons (Fsp3) is 0.400. The number of aromatic nitrogens is 2. The highest BCUT2D eigenvalue weighted by atomic mass is 19.1. The van der Waals surface area contributed by atoms with E-state index in [0.29, 0.717) is 12.2 Å². The lowest BCUT2D eigenvalue weighted by Gasteiger charge is -2.28. The Hall–Kier alpha value is -1.68. The van der Waals surface area contributed by atoms with E-state index in [1.54, 1.807) is 29.4 Å². The topological polar surface area (TPSA) is 43.8 Å². The fourth-order valence-corrected chi connectivity index (χ4v) is 3.11. The van der Waals surface area contributed by atoms with Crippen molar-refractivity contribution in [3.63, 3.8) is 0 Å². The van der Waals surface area contributed by atoms with Gasteiger partial charge in [-0.2, -0.15) is 0 Å². The Morgan fingerprint density at radius 3 is 2.68 bits per heavy atom. The van der Waals surface area contributed by atoms with Gasteiger partial charge in [-0.25, -0.2) is 9.37 Å². The Balaban J connectivity index is 2.00. The third kappa shape index (κ3) is 2.06. The van der Waals surface area contributed by atoms with Crippen molar-refractivity contribution in [2.24, 2.45) is 5.73 Å². The monoisotopic (exact) mass is 259 g/mol. The van der Waals surface area contributed by atoms with Crippen molar-refractivity contribution in [2.75, 3.05) is 6.54 Å². The molecule has 3 nitrogen and oxygen atoms in total. The van der Waals surface area contributed by atoms with Crippen LogP contribution < -0.4 is 5.73 Å². The average molecular weight is 259 g/mol. The summed E-state index contributed by atoms with van der Waals surface area (Å²) in [6.45, 7) is 0.594. The van der Waals surface area contributed by atoms with Gasteiger partial charge in [0.05, 0.1) is 12.0 Å². The Morgan fingerprint density at radius 2 is 2.11 bits per heavy atom. The maximum Gasteiger partial charge on any atom is 0.147 e. The van der Waals surface area contributed by atoms with Crippen molar-refractivity contribution in [1.29, 1.82) is 0 Å². The molecule has 0 aliphatic heterocycles. The minimum atomic E-state index is -0.213. The molecule has 2 aromatic rings. The first kappa shape index (κ1) is 12.4. The predicted molar refractivity (Wildman–Crippen MR) is 72.7 cm³/mol. The van der Waals surface area contributed by atoms with Crippen LogP contribution >= 0.6 is 0 Å². The van der Waals surface area contributed by atoms with Gasteiger partial charge >= 0.3 is 0 Å².